The summed E-state index contributed by atoms with van der Waals surface area (Å²) in [6.07, 6.45) is 2.40. The van der Waals surface area contributed by atoms with Crippen LogP contribution in [0.2, 0.25) is 0 Å². The van der Waals surface area contributed by atoms with E-state index in [1.807, 2.05) is 0 Å². The van der Waals surface area contributed by atoms with Crippen molar-refractivity contribution in [2.24, 2.45) is 11.8 Å². The molecule has 1 saturated heterocycles. The van der Waals surface area contributed by atoms with E-state index < -0.39 is 0 Å². The van der Waals surface area contributed by atoms with E-state index in [9.17, 15) is 4.79 Å². The zero-order chi connectivity index (χ0) is 11.4. The highest BCUT2D eigenvalue weighted by Gasteiger charge is 2.27. The molecule has 1 amide bonds. The number of hydrogen-bond donors (Lipinski definition) is 1. The Morgan fingerprint density at radius 3 is 2.33 bits per heavy atom. The van der Waals surface area contributed by atoms with E-state index in [2.05, 4.69) is 40.4 Å². The fraction of sp³-hybridized carbons (Fsp3) is 0.909. The van der Waals surface area contributed by atoms with Gasteiger partial charge in [0.1, 0.15) is 0 Å². The molecule has 1 rings (SSSR count). The number of hydrogen-bond acceptors (Lipinski definition) is 2. The Morgan fingerprint density at radius 1 is 1.40 bits per heavy atom. The molecule has 0 aromatic carbocycles. The van der Waals surface area contributed by atoms with Crippen LogP contribution in [0.1, 0.15) is 26.7 Å². The van der Waals surface area contributed by atoms with Gasteiger partial charge < -0.3 is 10.2 Å². The van der Waals surface area contributed by atoms with E-state index in [0.29, 0.717) is 17.9 Å². The highest BCUT2D eigenvalue weighted by atomic mass is 31.0. The predicted molar refractivity (Wildman–Crippen MR) is 67.1 cm³/mol. The minimum Gasteiger partial charge on any atom is -0.350 e. The molecule has 1 aliphatic heterocycles. The Labute approximate surface area is 95.2 Å². The van der Waals surface area contributed by atoms with Gasteiger partial charge in [0.05, 0.1) is 0 Å². The summed E-state index contributed by atoms with van der Waals surface area (Å²) in [6.45, 7) is 6.68. The van der Waals surface area contributed by atoms with Gasteiger partial charge in [-0.05, 0) is 54.1 Å². The molecule has 15 heavy (non-hydrogen) atoms. The van der Waals surface area contributed by atoms with Crippen LogP contribution in [0.3, 0.4) is 0 Å². The van der Waals surface area contributed by atoms with Crippen molar-refractivity contribution in [3.05, 3.63) is 0 Å². The third-order valence-corrected chi connectivity index (χ3v) is 3.46. The number of carbonyl (C=O) groups is 1. The molecule has 0 aromatic heterocycles. The quantitative estimate of drug-likeness (QED) is 0.751. The summed E-state index contributed by atoms with van der Waals surface area (Å²) in [5.74, 6) is 1.16. The monoisotopic (exact) mass is 230 g/mol. The average molecular weight is 230 g/mol. The van der Waals surface area contributed by atoms with Gasteiger partial charge in [-0.2, -0.15) is 0 Å². The zero-order valence-electron chi connectivity index (χ0n) is 9.99. The topological polar surface area (TPSA) is 32.3 Å². The lowest BCUT2D eigenvalue weighted by molar-refractivity contribution is 0.166. The number of likely N-dealkylation sites (tertiary alicyclic amines) is 1. The second-order valence-corrected chi connectivity index (χ2v) is 5.44. The fourth-order valence-corrected chi connectivity index (χ4v) is 2.57. The summed E-state index contributed by atoms with van der Waals surface area (Å²) in [5, 5.41) is 3.07. The molecule has 0 saturated carbocycles. The third kappa shape index (κ3) is 4.08. The largest absolute Gasteiger partial charge is 0.350 e. The number of amides is 1. The summed E-state index contributed by atoms with van der Waals surface area (Å²) in [7, 11) is 4.38. The van der Waals surface area contributed by atoms with E-state index in [1.165, 1.54) is 12.8 Å². The summed E-state index contributed by atoms with van der Waals surface area (Å²) in [6, 6.07) is 0.337. The molecule has 0 bridgehead atoms. The maximum Gasteiger partial charge on any atom is 0.235 e. The summed E-state index contributed by atoms with van der Waals surface area (Å²) in [4.78, 5) is 13.5. The molecule has 2 atom stereocenters. The molecular weight excluding hydrogens is 207 g/mol. The van der Waals surface area contributed by atoms with Crippen LogP contribution in [0.25, 0.3) is 0 Å². The maximum atomic E-state index is 11.1. The first kappa shape index (κ1) is 12.9. The molecule has 0 radical (unpaired) electrons. The first-order chi connectivity index (χ1) is 7.00. The minimum absolute atomic E-state index is 0.0210. The summed E-state index contributed by atoms with van der Waals surface area (Å²) >= 11 is 0. The number of nitrogens with zero attached hydrogens (tertiary/aromatic N) is 1. The Kier molecular flexibility index (Phi) is 5.01. The highest BCUT2D eigenvalue weighted by molar-refractivity contribution is 7.39. The SMILES string of the molecule is CC(C)C(NC(=O)P)C1CCN(C)CC1. The first-order valence-electron chi connectivity index (χ1n) is 5.75. The van der Waals surface area contributed by atoms with E-state index >= 15 is 0 Å². The first-order valence-corrected chi connectivity index (χ1v) is 6.33. The lowest BCUT2D eigenvalue weighted by atomic mass is 9.84. The van der Waals surface area contributed by atoms with Crippen LogP contribution in [-0.4, -0.2) is 36.7 Å². The van der Waals surface area contributed by atoms with Crippen LogP contribution < -0.4 is 5.32 Å². The maximum absolute atomic E-state index is 11.1. The van der Waals surface area contributed by atoms with Crippen molar-refractivity contribution in [3.8, 4) is 0 Å². The average Bonchev–Trinajstić information content (AvgIpc) is 2.15. The van der Waals surface area contributed by atoms with E-state index in [1.54, 1.807) is 0 Å². The van der Waals surface area contributed by atoms with Gasteiger partial charge >= 0.3 is 0 Å². The van der Waals surface area contributed by atoms with Gasteiger partial charge in [-0.3, -0.25) is 4.79 Å². The van der Waals surface area contributed by atoms with Gasteiger partial charge in [-0.15, -0.1) is 0 Å². The van der Waals surface area contributed by atoms with Crippen molar-refractivity contribution in [3.63, 3.8) is 0 Å². The molecular formula is C11H23N2OP. The Morgan fingerprint density at radius 2 is 1.93 bits per heavy atom. The van der Waals surface area contributed by atoms with Crippen molar-refractivity contribution in [2.75, 3.05) is 20.1 Å². The molecule has 0 aromatic rings. The van der Waals surface area contributed by atoms with Crippen molar-refractivity contribution < 1.29 is 4.79 Å². The molecule has 1 heterocycles. The molecule has 3 nitrogen and oxygen atoms in total. The van der Waals surface area contributed by atoms with Gasteiger partial charge in [0.2, 0.25) is 5.65 Å². The number of carbonyl (C=O) groups excluding carboxylic acids is 1. The Bertz CT molecular complexity index is 213. The minimum atomic E-state index is 0.0210. The molecule has 1 fully saturated rings. The van der Waals surface area contributed by atoms with Gasteiger partial charge in [-0.25, -0.2) is 0 Å². The molecule has 0 aliphatic carbocycles. The second-order valence-electron chi connectivity index (χ2n) is 4.92. The van der Waals surface area contributed by atoms with Crippen LogP contribution in [0.15, 0.2) is 0 Å². The van der Waals surface area contributed by atoms with Crippen molar-refractivity contribution in [1.82, 2.24) is 10.2 Å². The van der Waals surface area contributed by atoms with Gasteiger partial charge in [0, 0.05) is 6.04 Å². The fourth-order valence-electron chi connectivity index (χ4n) is 2.38. The van der Waals surface area contributed by atoms with Crippen LogP contribution in [0.5, 0.6) is 0 Å². The molecule has 1 aliphatic rings. The normalized spacial score (nSPS) is 21.7. The van der Waals surface area contributed by atoms with Crippen LogP contribution in [-0.2, 0) is 0 Å². The predicted octanol–water partition coefficient (Wildman–Crippen LogP) is 1.94. The van der Waals surface area contributed by atoms with Gasteiger partial charge in [0.15, 0.2) is 0 Å². The standard InChI is InChI=1S/C11H23N2OP/c1-8(2)10(12-11(14)15)9-4-6-13(3)7-5-9/h8-10H,4-7,15H2,1-3H3,(H,12,14). The van der Waals surface area contributed by atoms with E-state index in [0.717, 1.165) is 13.1 Å². The lowest BCUT2D eigenvalue weighted by Crippen LogP contribution is -2.45. The van der Waals surface area contributed by atoms with Crippen LogP contribution in [0, 0.1) is 11.8 Å². The van der Waals surface area contributed by atoms with Crippen molar-refractivity contribution in [1.29, 1.82) is 0 Å². The third-order valence-electron chi connectivity index (χ3n) is 3.30. The molecule has 2 unspecified atom stereocenters. The second kappa shape index (κ2) is 5.81. The van der Waals surface area contributed by atoms with Crippen LogP contribution >= 0.6 is 9.24 Å². The molecule has 1 N–H and O–H groups in total. The molecule has 88 valence electrons. The molecule has 0 spiro atoms. The Balaban J connectivity index is 2.52. The number of nitrogens with one attached hydrogen (secondary N) is 1. The van der Waals surface area contributed by atoms with Crippen molar-refractivity contribution in [2.45, 2.75) is 32.7 Å². The highest BCUT2D eigenvalue weighted by Crippen LogP contribution is 2.24. The van der Waals surface area contributed by atoms with Crippen LogP contribution in [0.4, 0.5) is 4.79 Å². The molecule has 4 heteroatoms. The van der Waals surface area contributed by atoms with Crippen molar-refractivity contribution >= 4 is 14.9 Å². The van der Waals surface area contributed by atoms with Gasteiger partial charge in [-0.1, -0.05) is 13.8 Å². The van der Waals surface area contributed by atoms with E-state index in [-0.39, 0.29) is 5.65 Å². The summed E-state index contributed by atoms with van der Waals surface area (Å²) in [5.41, 5.74) is 0.0210. The smallest absolute Gasteiger partial charge is 0.235 e. The van der Waals surface area contributed by atoms with E-state index in [4.69, 9.17) is 0 Å². The summed E-state index contributed by atoms with van der Waals surface area (Å²) < 4.78 is 0. The zero-order valence-corrected chi connectivity index (χ0v) is 11.1. The number of piperidine rings is 1. The lowest BCUT2D eigenvalue weighted by Gasteiger charge is -2.36. The Hall–Kier alpha value is -0.140. The van der Waals surface area contributed by atoms with Gasteiger partial charge in [0.25, 0.3) is 0 Å². The number of rotatable bonds is 3.